The van der Waals surface area contributed by atoms with Crippen molar-refractivity contribution in [1.82, 2.24) is 19.4 Å². The molecule has 2 heterocycles. The molecule has 0 aliphatic carbocycles. The van der Waals surface area contributed by atoms with E-state index in [-0.39, 0.29) is 36.0 Å². The third-order valence-electron chi connectivity index (χ3n) is 6.24. The quantitative estimate of drug-likeness (QED) is 0.508. The van der Waals surface area contributed by atoms with Gasteiger partial charge in [-0.2, -0.15) is 0 Å². The Morgan fingerprint density at radius 3 is 2.30 bits per heavy atom. The summed E-state index contributed by atoms with van der Waals surface area (Å²) in [5, 5.41) is 3.94. The average molecular weight is 542 g/mol. The van der Waals surface area contributed by atoms with Crippen molar-refractivity contribution >= 4 is 41.0 Å². The third kappa shape index (κ3) is 5.36. The zero-order chi connectivity index (χ0) is 27.0. The highest BCUT2D eigenvalue weighted by Gasteiger charge is 2.32. The van der Waals surface area contributed by atoms with Gasteiger partial charge < -0.3 is 15.1 Å². The summed E-state index contributed by atoms with van der Waals surface area (Å²) in [6, 6.07) is 11.4. The van der Waals surface area contributed by atoms with E-state index in [1.165, 1.54) is 9.47 Å². The zero-order valence-electron chi connectivity index (χ0n) is 21.4. The lowest BCUT2D eigenvalue weighted by Crippen LogP contribution is -2.46. The number of nitrogens with zero attached hydrogens (tertiary/aromatic N) is 4. The summed E-state index contributed by atoms with van der Waals surface area (Å²) >= 11 is 12.2. The Balaban J connectivity index is 1.75. The van der Waals surface area contributed by atoms with Crippen LogP contribution in [0, 0.1) is 0 Å². The van der Waals surface area contributed by atoms with Gasteiger partial charge >= 0.3 is 0 Å². The van der Waals surface area contributed by atoms with Crippen molar-refractivity contribution in [3.8, 4) is 5.69 Å². The van der Waals surface area contributed by atoms with Crippen LogP contribution in [0.3, 0.4) is 0 Å². The number of benzene rings is 2. The van der Waals surface area contributed by atoms with Gasteiger partial charge in [0.05, 0.1) is 28.0 Å². The second-order valence-electron chi connectivity index (χ2n) is 9.66. The maximum Gasteiger partial charge on any atom is 0.263 e. The molecule has 1 aliphatic heterocycles. The summed E-state index contributed by atoms with van der Waals surface area (Å²) in [5.74, 6) is 0.0488. The molecule has 10 heteroatoms. The maximum atomic E-state index is 13.8. The van der Waals surface area contributed by atoms with E-state index in [2.05, 4.69) is 5.32 Å². The van der Waals surface area contributed by atoms with Crippen molar-refractivity contribution < 1.29 is 9.59 Å². The molecule has 0 spiro atoms. The summed E-state index contributed by atoms with van der Waals surface area (Å²) in [7, 11) is 3.38. The number of rotatable bonds is 5. The van der Waals surface area contributed by atoms with Crippen molar-refractivity contribution in [2.75, 3.05) is 19.4 Å². The second kappa shape index (κ2) is 10.6. The SMILES string of the molecule is CC(C)Nc1nc2c(c(=O)n1-c1ccc(C(=O)N(C)C)cc1)C[C@@H](C)N(C(=O)c1ccc(Cl)c(Cl)c1)C2. The van der Waals surface area contributed by atoms with Crippen LogP contribution in [-0.4, -0.2) is 57.3 Å². The predicted molar refractivity (Wildman–Crippen MR) is 146 cm³/mol. The van der Waals surface area contributed by atoms with Crippen LogP contribution in [0.15, 0.2) is 47.3 Å². The van der Waals surface area contributed by atoms with Crippen LogP contribution in [0.1, 0.15) is 52.7 Å². The lowest BCUT2D eigenvalue weighted by atomic mass is 9.98. The fourth-order valence-electron chi connectivity index (χ4n) is 4.33. The van der Waals surface area contributed by atoms with Crippen LogP contribution in [-0.2, 0) is 13.0 Å². The van der Waals surface area contributed by atoms with Gasteiger partial charge in [-0.1, -0.05) is 23.2 Å². The molecule has 4 rings (SSSR count). The van der Waals surface area contributed by atoms with Crippen LogP contribution in [0.5, 0.6) is 0 Å². The first-order valence-corrected chi connectivity index (χ1v) is 12.7. The molecule has 37 heavy (non-hydrogen) atoms. The van der Waals surface area contributed by atoms with Gasteiger partial charge in [-0.3, -0.25) is 14.4 Å². The Kier molecular flexibility index (Phi) is 7.62. The van der Waals surface area contributed by atoms with Crippen molar-refractivity contribution in [1.29, 1.82) is 0 Å². The molecule has 0 saturated heterocycles. The first kappa shape index (κ1) is 26.7. The van der Waals surface area contributed by atoms with Gasteiger partial charge in [-0.05, 0) is 69.7 Å². The first-order chi connectivity index (χ1) is 17.5. The average Bonchev–Trinajstić information content (AvgIpc) is 2.85. The van der Waals surface area contributed by atoms with E-state index in [0.717, 1.165) is 0 Å². The van der Waals surface area contributed by atoms with E-state index < -0.39 is 0 Å². The number of hydrogen-bond acceptors (Lipinski definition) is 5. The van der Waals surface area contributed by atoms with E-state index in [1.807, 2.05) is 20.8 Å². The summed E-state index contributed by atoms with van der Waals surface area (Å²) in [5.41, 5.74) is 2.46. The molecule has 0 bridgehead atoms. The number of carbonyl (C=O) groups is 2. The molecule has 8 nitrogen and oxygen atoms in total. The van der Waals surface area contributed by atoms with E-state index in [9.17, 15) is 14.4 Å². The number of anilines is 1. The standard InChI is InChI=1S/C27H29Cl2N5O3/c1-15(2)30-27-31-23-14-33(25(36)18-8-11-21(28)22(29)13-18)16(3)12-20(23)26(37)34(27)19-9-6-17(7-10-19)24(35)32(4)5/h6-11,13,15-16H,12,14H2,1-5H3,(H,30,31)/t16-/m1/s1. The molecule has 2 aromatic carbocycles. The molecule has 2 amide bonds. The van der Waals surface area contributed by atoms with E-state index in [0.29, 0.717) is 50.5 Å². The van der Waals surface area contributed by atoms with Crippen LogP contribution in [0.4, 0.5) is 5.95 Å². The topological polar surface area (TPSA) is 87.5 Å². The monoisotopic (exact) mass is 541 g/mol. The summed E-state index contributed by atoms with van der Waals surface area (Å²) in [4.78, 5) is 47.4. The summed E-state index contributed by atoms with van der Waals surface area (Å²) in [6.45, 7) is 6.01. The number of amides is 2. The van der Waals surface area contributed by atoms with Crippen molar-refractivity contribution in [2.24, 2.45) is 0 Å². The van der Waals surface area contributed by atoms with Crippen LogP contribution in [0.2, 0.25) is 10.0 Å². The highest BCUT2D eigenvalue weighted by molar-refractivity contribution is 6.42. The van der Waals surface area contributed by atoms with Crippen molar-refractivity contribution in [3.63, 3.8) is 0 Å². The molecule has 0 saturated carbocycles. The molecule has 1 N–H and O–H groups in total. The molecular weight excluding hydrogens is 513 g/mol. The Morgan fingerprint density at radius 1 is 1.05 bits per heavy atom. The molecule has 194 valence electrons. The van der Waals surface area contributed by atoms with Crippen molar-refractivity contribution in [3.05, 3.63) is 85.2 Å². The van der Waals surface area contributed by atoms with Crippen LogP contribution >= 0.6 is 23.2 Å². The normalized spacial score (nSPS) is 14.9. The number of carbonyl (C=O) groups excluding carboxylic acids is 2. The fourth-order valence-corrected chi connectivity index (χ4v) is 4.63. The number of fused-ring (bicyclic) bond motifs is 1. The number of nitrogens with one attached hydrogen (secondary N) is 1. The first-order valence-electron chi connectivity index (χ1n) is 12.0. The van der Waals surface area contributed by atoms with Gasteiger partial charge in [0.2, 0.25) is 5.95 Å². The summed E-state index contributed by atoms with van der Waals surface area (Å²) in [6.07, 6.45) is 0.355. The lowest BCUT2D eigenvalue weighted by Gasteiger charge is -2.34. The number of aromatic nitrogens is 2. The molecule has 3 aromatic rings. The van der Waals surface area contributed by atoms with Crippen LogP contribution in [0.25, 0.3) is 5.69 Å². The van der Waals surface area contributed by atoms with Gasteiger partial charge in [-0.25, -0.2) is 9.55 Å². The second-order valence-corrected chi connectivity index (χ2v) is 10.5. The van der Waals surface area contributed by atoms with Gasteiger partial charge in [0.25, 0.3) is 17.4 Å². The minimum atomic E-state index is -0.235. The Morgan fingerprint density at radius 2 is 1.70 bits per heavy atom. The molecule has 1 aliphatic rings. The Bertz CT molecular complexity index is 1420. The highest BCUT2D eigenvalue weighted by Crippen LogP contribution is 2.27. The number of halogens is 2. The fraction of sp³-hybridized carbons (Fsp3) is 0.333. The molecule has 0 fully saturated rings. The zero-order valence-corrected chi connectivity index (χ0v) is 22.9. The predicted octanol–water partition coefficient (Wildman–Crippen LogP) is 4.65. The largest absolute Gasteiger partial charge is 0.353 e. The van der Waals surface area contributed by atoms with Gasteiger partial charge in [0, 0.05) is 42.9 Å². The Labute approximate surface area is 225 Å². The molecular formula is C27H29Cl2N5O3. The minimum absolute atomic E-state index is 0.00208. The smallest absolute Gasteiger partial charge is 0.263 e. The van der Waals surface area contributed by atoms with E-state index in [1.54, 1.807) is 61.5 Å². The van der Waals surface area contributed by atoms with E-state index in [4.69, 9.17) is 28.2 Å². The van der Waals surface area contributed by atoms with Gasteiger partial charge in [-0.15, -0.1) is 0 Å². The van der Waals surface area contributed by atoms with Gasteiger partial charge in [0.1, 0.15) is 0 Å². The Hall–Kier alpha value is -3.36. The van der Waals surface area contributed by atoms with E-state index >= 15 is 0 Å². The minimum Gasteiger partial charge on any atom is -0.353 e. The van der Waals surface area contributed by atoms with Crippen molar-refractivity contribution in [2.45, 2.75) is 45.8 Å². The maximum absolute atomic E-state index is 13.8. The third-order valence-corrected chi connectivity index (χ3v) is 6.98. The summed E-state index contributed by atoms with van der Waals surface area (Å²) < 4.78 is 1.53. The molecule has 1 aromatic heterocycles. The molecule has 0 unspecified atom stereocenters. The van der Waals surface area contributed by atoms with Gasteiger partial charge in [0.15, 0.2) is 0 Å². The van der Waals surface area contributed by atoms with Crippen LogP contribution < -0.4 is 10.9 Å². The molecule has 1 atom stereocenters. The lowest BCUT2D eigenvalue weighted by molar-refractivity contribution is 0.0653. The molecule has 0 radical (unpaired) electrons. The highest BCUT2D eigenvalue weighted by atomic mass is 35.5. The number of hydrogen-bond donors (Lipinski definition) is 1.